The van der Waals surface area contributed by atoms with Crippen molar-refractivity contribution in [3.8, 4) is 5.75 Å². The minimum absolute atomic E-state index is 0.247. The molecule has 0 unspecified atom stereocenters. The standard InChI is InChI=1S/C14H20O2/c1-4-14(16,5-2)11(3)10-12-8-6-7-9-13(12)15/h6-10,15-16H,4-5H2,1-3H3/b11-10-. The van der Waals surface area contributed by atoms with E-state index in [2.05, 4.69) is 0 Å². The first-order valence-corrected chi connectivity index (χ1v) is 5.72. The molecule has 0 aromatic heterocycles. The number of para-hydroxylation sites is 1. The van der Waals surface area contributed by atoms with E-state index in [4.69, 9.17) is 0 Å². The lowest BCUT2D eigenvalue weighted by atomic mass is 9.88. The van der Waals surface area contributed by atoms with Gasteiger partial charge in [0.1, 0.15) is 5.75 Å². The highest BCUT2D eigenvalue weighted by atomic mass is 16.3. The van der Waals surface area contributed by atoms with Crippen LogP contribution in [0.3, 0.4) is 0 Å². The van der Waals surface area contributed by atoms with Crippen LogP contribution in [-0.2, 0) is 0 Å². The second-order valence-electron chi connectivity index (χ2n) is 4.12. The second-order valence-corrected chi connectivity index (χ2v) is 4.12. The van der Waals surface area contributed by atoms with Gasteiger partial charge < -0.3 is 10.2 Å². The van der Waals surface area contributed by atoms with Crippen LogP contribution >= 0.6 is 0 Å². The maximum Gasteiger partial charge on any atom is 0.122 e. The molecule has 88 valence electrons. The molecule has 2 nitrogen and oxygen atoms in total. The van der Waals surface area contributed by atoms with Crippen LogP contribution in [-0.4, -0.2) is 15.8 Å². The second kappa shape index (κ2) is 5.17. The molecule has 0 spiro atoms. The van der Waals surface area contributed by atoms with Gasteiger partial charge in [-0.1, -0.05) is 32.0 Å². The molecule has 0 fully saturated rings. The van der Waals surface area contributed by atoms with Gasteiger partial charge >= 0.3 is 0 Å². The van der Waals surface area contributed by atoms with E-state index in [1.807, 2.05) is 39.0 Å². The van der Waals surface area contributed by atoms with E-state index in [0.717, 1.165) is 11.1 Å². The Hall–Kier alpha value is -1.28. The van der Waals surface area contributed by atoms with E-state index >= 15 is 0 Å². The van der Waals surface area contributed by atoms with Gasteiger partial charge in [0.15, 0.2) is 0 Å². The fourth-order valence-corrected chi connectivity index (χ4v) is 1.78. The van der Waals surface area contributed by atoms with Gasteiger partial charge in [0, 0.05) is 5.56 Å². The van der Waals surface area contributed by atoms with Crippen LogP contribution in [0, 0.1) is 0 Å². The first kappa shape index (κ1) is 12.8. The molecule has 0 amide bonds. The molecule has 2 N–H and O–H groups in total. The smallest absolute Gasteiger partial charge is 0.122 e. The lowest BCUT2D eigenvalue weighted by Gasteiger charge is -2.26. The predicted molar refractivity (Wildman–Crippen MR) is 67.3 cm³/mol. The van der Waals surface area contributed by atoms with Crippen LogP contribution in [0.15, 0.2) is 29.8 Å². The summed E-state index contributed by atoms with van der Waals surface area (Å²) in [7, 11) is 0. The van der Waals surface area contributed by atoms with Crippen molar-refractivity contribution in [2.24, 2.45) is 0 Å². The Morgan fingerprint density at radius 1 is 1.25 bits per heavy atom. The Balaban J connectivity index is 3.05. The van der Waals surface area contributed by atoms with Gasteiger partial charge in [-0.05, 0) is 37.5 Å². The van der Waals surface area contributed by atoms with Crippen LogP contribution in [0.2, 0.25) is 0 Å². The largest absolute Gasteiger partial charge is 0.507 e. The van der Waals surface area contributed by atoms with Crippen molar-refractivity contribution < 1.29 is 10.2 Å². The lowest BCUT2D eigenvalue weighted by molar-refractivity contribution is 0.0713. The van der Waals surface area contributed by atoms with Crippen molar-refractivity contribution in [3.05, 3.63) is 35.4 Å². The highest BCUT2D eigenvalue weighted by Crippen LogP contribution is 2.28. The zero-order valence-corrected chi connectivity index (χ0v) is 10.2. The van der Waals surface area contributed by atoms with Crippen LogP contribution in [0.25, 0.3) is 6.08 Å². The van der Waals surface area contributed by atoms with Gasteiger partial charge in [-0.25, -0.2) is 0 Å². The molecule has 0 saturated heterocycles. The Morgan fingerprint density at radius 3 is 2.31 bits per heavy atom. The van der Waals surface area contributed by atoms with E-state index in [0.29, 0.717) is 12.8 Å². The minimum atomic E-state index is -0.762. The molecule has 0 heterocycles. The number of aromatic hydroxyl groups is 1. The fourth-order valence-electron chi connectivity index (χ4n) is 1.78. The van der Waals surface area contributed by atoms with E-state index in [9.17, 15) is 10.2 Å². The molecule has 0 atom stereocenters. The maximum absolute atomic E-state index is 10.3. The van der Waals surface area contributed by atoms with Crippen molar-refractivity contribution in [2.45, 2.75) is 39.2 Å². The number of hydrogen-bond acceptors (Lipinski definition) is 2. The lowest BCUT2D eigenvalue weighted by Crippen LogP contribution is -2.27. The van der Waals surface area contributed by atoms with E-state index < -0.39 is 5.60 Å². The summed E-state index contributed by atoms with van der Waals surface area (Å²) in [5.74, 6) is 0.247. The van der Waals surface area contributed by atoms with Gasteiger partial charge in [0.25, 0.3) is 0 Å². The summed E-state index contributed by atoms with van der Waals surface area (Å²) in [6.07, 6.45) is 3.21. The van der Waals surface area contributed by atoms with Crippen LogP contribution in [0.4, 0.5) is 0 Å². The molecule has 1 aromatic rings. The average molecular weight is 220 g/mol. The third kappa shape index (κ3) is 2.64. The zero-order chi connectivity index (χ0) is 12.2. The highest BCUT2D eigenvalue weighted by Gasteiger charge is 2.24. The quantitative estimate of drug-likeness (QED) is 0.817. The van der Waals surface area contributed by atoms with Crippen LogP contribution < -0.4 is 0 Å². The van der Waals surface area contributed by atoms with Crippen molar-refractivity contribution in [1.82, 2.24) is 0 Å². The van der Waals surface area contributed by atoms with Gasteiger partial charge in [0.05, 0.1) is 5.60 Å². The number of phenols is 1. The molecular weight excluding hydrogens is 200 g/mol. The molecule has 0 aliphatic carbocycles. The summed E-state index contributed by atoms with van der Waals surface area (Å²) in [4.78, 5) is 0. The van der Waals surface area contributed by atoms with Crippen LogP contribution in [0.1, 0.15) is 39.2 Å². The van der Waals surface area contributed by atoms with Crippen molar-refractivity contribution in [1.29, 1.82) is 0 Å². The Morgan fingerprint density at radius 2 is 1.81 bits per heavy atom. The normalized spacial score (nSPS) is 12.9. The Labute approximate surface area is 97.2 Å². The Bertz CT molecular complexity index is 376. The maximum atomic E-state index is 10.3. The highest BCUT2D eigenvalue weighted by molar-refractivity contribution is 5.60. The average Bonchev–Trinajstić information content (AvgIpc) is 2.31. The zero-order valence-electron chi connectivity index (χ0n) is 10.2. The molecule has 0 aliphatic heterocycles. The number of hydrogen-bond donors (Lipinski definition) is 2. The summed E-state index contributed by atoms with van der Waals surface area (Å²) in [6.45, 7) is 5.83. The number of phenolic OH excluding ortho intramolecular Hbond substituents is 1. The minimum Gasteiger partial charge on any atom is -0.507 e. The van der Waals surface area contributed by atoms with Crippen molar-refractivity contribution in [3.63, 3.8) is 0 Å². The molecule has 0 saturated carbocycles. The molecule has 0 bridgehead atoms. The monoisotopic (exact) mass is 220 g/mol. The molecule has 1 aromatic carbocycles. The van der Waals surface area contributed by atoms with E-state index in [1.165, 1.54) is 0 Å². The third-order valence-corrected chi connectivity index (χ3v) is 3.21. The van der Waals surface area contributed by atoms with E-state index in [-0.39, 0.29) is 5.75 Å². The molecule has 2 heteroatoms. The third-order valence-electron chi connectivity index (χ3n) is 3.21. The summed E-state index contributed by atoms with van der Waals surface area (Å²) in [5.41, 5.74) is 0.877. The SMILES string of the molecule is CCC(O)(CC)/C(C)=C\c1ccccc1O. The predicted octanol–water partition coefficient (Wildman–Crippen LogP) is 3.35. The van der Waals surface area contributed by atoms with Crippen molar-refractivity contribution in [2.75, 3.05) is 0 Å². The fraction of sp³-hybridized carbons (Fsp3) is 0.429. The van der Waals surface area contributed by atoms with Gasteiger partial charge in [-0.3, -0.25) is 0 Å². The summed E-state index contributed by atoms with van der Waals surface area (Å²) < 4.78 is 0. The topological polar surface area (TPSA) is 40.5 Å². The molecule has 0 aliphatic rings. The van der Waals surface area contributed by atoms with Gasteiger partial charge in [0.2, 0.25) is 0 Å². The van der Waals surface area contributed by atoms with Gasteiger partial charge in [-0.15, -0.1) is 0 Å². The molecule has 0 radical (unpaired) electrons. The summed E-state index contributed by atoms with van der Waals surface area (Å²) >= 11 is 0. The Kier molecular flexibility index (Phi) is 4.13. The summed E-state index contributed by atoms with van der Waals surface area (Å²) in [5, 5.41) is 19.9. The molecule has 1 rings (SSSR count). The van der Waals surface area contributed by atoms with Crippen LogP contribution in [0.5, 0.6) is 5.75 Å². The van der Waals surface area contributed by atoms with Crippen molar-refractivity contribution >= 4 is 6.08 Å². The number of benzene rings is 1. The van der Waals surface area contributed by atoms with E-state index in [1.54, 1.807) is 12.1 Å². The number of rotatable bonds is 4. The first-order chi connectivity index (χ1) is 7.53. The number of aliphatic hydroxyl groups is 1. The van der Waals surface area contributed by atoms with Gasteiger partial charge in [-0.2, -0.15) is 0 Å². The molecule has 16 heavy (non-hydrogen) atoms. The molecular formula is C14H20O2. The summed E-state index contributed by atoms with van der Waals surface area (Å²) in [6, 6.07) is 7.14. The first-order valence-electron chi connectivity index (χ1n) is 5.72.